The number of carbonyl (C=O) groups is 2. The number of hydrogen-bond acceptors (Lipinski definition) is 3. The van der Waals surface area contributed by atoms with Crippen LogP contribution >= 0.6 is 0 Å². The van der Waals surface area contributed by atoms with E-state index in [1.807, 2.05) is 19.1 Å². The third kappa shape index (κ3) is 2.18. The minimum absolute atomic E-state index is 0.00536. The molecular formula is C15H17NO4. The lowest BCUT2D eigenvalue weighted by Gasteiger charge is -2.16. The molecule has 2 unspecified atom stereocenters. The van der Waals surface area contributed by atoms with Crippen LogP contribution in [0.2, 0.25) is 0 Å². The number of benzene rings is 1. The third-order valence-corrected chi connectivity index (χ3v) is 4.19. The number of amides is 1. The highest BCUT2D eigenvalue weighted by Gasteiger charge is 2.37. The van der Waals surface area contributed by atoms with E-state index in [0.717, 1.165) is 11.1 Å². The Bertz CT molecular complexity index is 569. The lowest BCUT2D eigenvalue weighted by molar-refractivity contribution is -0.142. The number of rotatable bonds is 2. The van der Waals surface area contributed by atoms with Crippen LogP contribution in [0.3, 0.4) is 0 Å². The van der Waals surface area contributed by atoms with Crippen LogP contribution in [0, 0.1) is 11.8 Å². The van der Waals surface area contributed by atoms with Crippen molar-refractivity contribution in [2.75, 3.05) is 13.1 Å². The quantitative estimate of drug-likeness (QED) is 0.888. The lowest BCUT2D eigenvalue weighted by atomic mass is 9.99. The van der Waals surface area contributed by atoms with Crippen molar-refractivity contribution in [2.45, 2.75) is 20.1 Å². The molecule has 0 aromatic heterocycles. The fraction of sp³-hybridized carbons (Fsp3) is 0.467. The van der Waals surface area contributed by atoms with Crippen LogP contribution in [0.1, 0.15) is 28.4 Å². The van der Waals surface area contributed by atoms with Crippen molar-refractivity contribution in [1.82, 2.24) is 4.90 Å². The fourth-order valence-electron chi connectivity index (χ4n) is 2.94. The zero-order valence-electron chi connectivity index (χ0n) is 11.3. The molecule has 1 aromatic rings. The van der Waals surface area contributed by atoms with Crippen molar-refractivity contribution >= 4 is 11.9 Å². The predicted octanol–water partition coefficient (Wildman–Crippen LogP) is 1.51. The SMILES string of the molecule is CC1CN(C(=O)c2ccc3c(c2)COC3)CC1C(=O)O. The highest BCUT2D eigenvalue weighted by Crippen LogP contribution is 2.26. The van der Waals surface area contributed by atoms with Crippen LogP contribution in [0.15, 0.2) is 18.2 Å². The molecule has 3 rings (SSSR count). The van der Waals surface area contributed by atoms with Crippen molar-refractivity contribution in [1.29, 1.82) is 0 Å². The molecule has 20 heavy (non-hydrogen) atoms. The molecule has 1 amide bonds. The van der Waals surface area contributed by atoms with Crippen LogP contribution in [-0.2, 0) is 22.7 Å². The summed E-state index contributed by atoms with van der Waals surface area (Å²) in [5.74, 6) is -1.38. The molecule has 2 atom stereocenters. The van der Waals surface area contributed by atoms with Gasteiger partial charge in [-0.3, -0.25) is 9.59 Å². The number of nitrogens with zero attached hydrogens (tertiary/aromatic N) is 1. The number of carbonyl (C=O) groups excluding carboxylic acids is 1. The molecule has 0 spiro atoms. The Labute approximate surface area is 117 Å². The molecule has 1 N–H and O–H groups in total. The van der Waals surface area contributed by atoms with Crippen LogP contribution < -0.4 is 0 Å². The summed E-state index contributed by atoms with van der Waals surface area (Å²) in [5, 5.41) is 9.13. The van der Waals surface area contributed by atoms with E-state index in [9.17, 15) is 9.59 Å². The monoisotopic (exact) mass is 275 g/mol. The van der Waals surface area contributed by atoms with Gasteiger partial charge in [-0.15, -0.1) is 0 Å². The molecular weight excluding hydrogens is 258 g/mol. The molecule has 0 bridgehead atoms. The van der Waals surface area contributed by atoms with E-state index in [-0.39, 0.29) is 11.8 Å². The van der Waals surface area contributed by atoms with Crippen LogP contribution in [0.4, 0.5) is 0 Å². The molecule has 1 aromatic carbocycles. The minimum Gasteiger partial charge on any atom is -0.481 e. The van der Waals surface area contributed by atoms with Gasteiger partial charge < -0.3 is 14.7 Å². The van der Waals surface area contributed by atoms with Crippen molar-refractivity contribution in [3.05, 3.63) is 34.9 Å². The van der Waals surface area contributed by atoms with Crippen molar-refractivity contribution < 1.29 is 19.4 Å². The Hall–Kier alpha value is -1.88. The number of aliphatic carboxylic acids is 1. The Morgan fingerprint density at radius 1 is 1.25 bits per heavy atom. The van der Waals surface area contributed by atoms with E-state index < -0.39 is 11.9 Å². The van der Waals surface area contributed by atoms with Crippen molar-refractivity contribution in [2.24, 2.45) is 11.8 Å². The molecule has 5 nitrogen and oxygen atoms in total. The lowest BCUT2D eigenvalue weighted by Crippen LogP contribution is -2.30. The molecule has 5 heteroatoms. The average Bonchev–Trinajstić information content (AvgIpc) is 3.02. The van der Waals surface area contributed by atoms with Gasteiger partial charge in [-0.1, -0.05) is 13.0 Å². The molecule has 0 aliphatic carbocycles. The van der Waals surface area contributed by atoms with Crippen LogP contribution in [-0.4, -0.2) is 35.0 Å². The second-order valence-corrected chi connectivity index (χ2v) is 5.61. The zero-order valence-corrected chi connectivity index (χ0v) is 11.3. The van der Waals surface area contributed by atoms with Gasteiger partial charge >= 0.3 is 5.97 Å². The molecule has 0 radical (unpaired) electrons. The first kappa shape index (κ1) is 13.1. The average molecular weight is 275 g/mol. The maximum atomic E-state index is 12.5. The van der Waals surface area contributed by atoms with E-state index in [2.05, 4.69) is 0 Å². The van der Waals surface area contributed by atoms with E-state index in [4.69, 9.17) is 9.84 Å². The van der Waals surface area contributed by atoms with Crippen molar-refractivity contribution in [3.63, 3.8) is 0 Å². The first-order chi connectivity index (χ1) is 9.56. The normalized spacial score (nSPS) is 24.8. The topological polar surface area (TPSA) is 66.8 Å². The predicted molar refractivity (Wildman–Crippen MR) is 71.1 cm³/mol. The van der Waals surface area contributed by atoms with Gasteiger partial charge in [0, 0.05) is 18.7 Å². The Kier molecular flexibility index (Phi) is 3.22. The summed E-state index contributed by atoms with van der Waals surface area (Å²) in [6.45, 7) is 3.82. The summed E-state index contributed by atoms with van der Waals surface area (Å²) < 4.78 is 5.34. The van der Waals surface area contributed by atoms with Gasteiger partial charge in [-0.25, -0.2) is 0 Å². The first-order valence-corrected chi connectivity index (χ1v) is 6.78. The van der Waals surface area contributed by atoms with Gasteiger partial charge in [0.25, 0.3) is 5.91 Å². The van der Waals surface area contributed by atoms with Crippen LogP contribution in [0.25, 0.3) is 0 Å². The number of ether oxygens (including phenoxy) is 1. The third-order valence-electron chi connectivity index (χ3n) is 4.19. The molecule has 2 aliphatic rings. The number of carboxylic acid groups (broad SMARTS) is 1. The van der Waals surface area contributed by atoms with Gasteiger partial charge in [0.2, 0.25) is 0 Å². The fourth-order valence-corrected chi connectivity index (χ4v) is 2.94. The summed E-state index contributed by atoms with van der Waals surface area (Å²) in [7, 11) is 0. The Morgan fingerprint density at radius 2 is 2.00 bits per heavy atom. The van der Waals surface area contributed by atoms with Gasteiger partial charge in [-0.2, -0.15) is 0 Å². The molecule has 2 aliphatic heterocycles. The highest BCUT2D eigenvalue weighted by molar-refractivity contribution is 5.95. The summed E-state index contributed by atoms with van der Waals surface area (Å²) in [6, 6.07) is 5.59. The van der Waals surface area contributed by atoms with Crippen molar-refractivity contribution in [3.8, 4) is 0 Å². The summed E-state index contributed by atoms with van der Waals surface area (Å²) >= 11 is 0. The number of likely N-dealkylation sites (tertiary alicyclic amines) is 1. The zero-order chi connectivity index (χ0) is 14.3. The molecule has 1 fully saturated rings. The number of hydrogen-bond donors (Lipinski definition) is 1. The van der Waals surface area contributed by atoms with E-state index in [1.54, 1.807) is 11.0 Å². The molecule has 0 saturated carbocycles. The summed E-state index contributed by atoms with van der Waals surface area (Å²) in [4.78, 5) is 25.2. The van der Waals surface area contributed by atoms with Gasteiger partial charge in [0.15, 0.2) is 0 Å². The van der Waals surface area contributed by atoms with Gasteiger partial charge in [0.1, 0.15) is 0 Å². The maximum Gasteiger partial charge on any atom is 0.308 e. The first-order valence-electron chi connectivity index (χ1n) is 6.78. The van der Waals surface area contributed by atoms with E-state index in [0.29, 0.717) is 31.9 Å². The second kappa shape index (κ2) is 4.90. The number of fused-ring (bicyclic) bond motifs is 1. The summed E-state index contributed by atoms with van der Waals surface area (Å²) in [6.07, 6.45) is 0. The van der Waals surface area contributed by atoms with E-state index in [1.165, 1.54) is 0 Å². The Balaban J connectivity index is 1.78. The smallest absolute Gasteiger partial charge is 0.308 e. The molecule has 106 valence electrons. The van der Waals surface area contributed by atoms with Gasteiger partial charge in [0.05, 0.1) is 19.1 Å². The second-order valence-electron chi connectivity index (χ2n) is 5.61. The van der Waals surface area contributed by atoms with Crippen LogP contribution in [0.5, 0.6) is 0 Å². The Morgan fingerprint density at radius 3 is 2.70 bits per heavy atom. The molecule has 2 heterocycles. The van der Waals surface area contributed by atoms with Gasteiger partial charge in [-0.05, 0) is 29.2 Å². The molecule has 1 saturated heterocycles. The largest absolute Gasteiger partial charge is 0.481 e. The minimum atomic E-state index is -0.824. The van der Waals surface area contributed by atoms with E-state index >= 15 is 0 Å². The number of carboxylic acids is 1. The highest BCUT2D eigenvalue weighted by atomic mass is 16.5. The maximum absolute atomic E-state index is 12.5. The standard InChI is InChI=1S/C15H17NO4/c1-9-5-16(6-13(9)15(18)19)14(17)10-2-3-11-7-20-8-12(11)4-10/h2-4,9,13H,5-8H2,1H3,(H,18,19). The summed E-state index contributed by atoms with van der Waals surface area (Å²) in [5.41, 5.74) is 2.80.